The Labute approximate surface area is 116 Å². The van der Waals surface area contributed by atoms with Crippen LogP contribution in [0.4, 0.5) is 5.69 Å². The minimum atomic E-state index is 0.610. The van der Waals surface area contributed by atoms with Crippen LogP contribution < -0.4 is 15.0 Å². The minimum Gasteiger partial charge on any atom is -0.495 e. The molecule has 19 heavy (non-hydrogen) atoms. The topological polar surface area (TPSA) is 24.5 Å². The maximum atomic E-state index is 5.51. The van der Waals surface area contributed by atoms with Gasteiger partial charge in [0.25, 0.3) is 0 Å². The highest BCUT2D eigenvalue weighted by Crippen LogP contribution is 2.31. The van der Waals surface area contributed by atoms with Gasteiger partial charge in [-0.15, -0.1) is 0 Å². The van der Waals surface area contributed by atoms with E-state index in [1.807, 2.05) is 0 Å². The summed E-state index contributed by atoms with van der Waals surface area (Å²) in [5.41, 5.74) is 2.53. The first kappa shape index (κ1) is 14.2. The van der Waals surface area contributed by atoms with Crippen molar-refractivity contribution in [3.63, 3.8) is 0 Å². The average Bonchev–Trinajstić information content (AvgIpc) is 2.45. The molecule has 1 heterocycles. The second-order valence-corrected chi connectivity index (χ2v) is 5.41. The van der Waals surface area contributed by atoms with E-state index in [2.05, 4.69) is 42.3 Å². The van der Waals surface area contributed by atoms with Crippen LogP contribution in [0.25, 0.3) is 0 Å². The second-order valence-electron chi connectivity index (χ2n) is 5.41. The highest BCUT2D eigenvalue weighted by molar-refractivity contribution is 5.60. The summed E-state index contributed by atoms with van der Waals surface area (Å²) in [6.45, 7) is 7.68. The fourth-order valence-corrected chi connectivity index (χ4v) is 2.76. The Hall–Kier alpha value is -1.22. The van der Waals surface area contributed by atoms with Crippen molar-refractivity contribution in [1.29, 1.82) is 0 Å². The molecule has 1 unspecified atom stereocenters. The lowest BCUT2D eigenvalue weighted by Crippen LogP contribution is -2.46. The van der Waals surface area contributed by atoms with Crippen LogP contribution in [0.15, 0.2) is 18.2 Å². The van der Waals surface area contributed by atoms with Crippen molar-refractivity contribution in [3.05, 3.63) is 23.8 Å². The average molecular weight is 262 g/mol. The van der Waals surface area contributed by atoms with Crippen molar-refractivity contribution in [3.8, 4) is 5.75 Å². The molecular formula is C16H26N2O. The summed E-state index contributed by atoms with van der Waals surface area (Å²) < 4.78 is 5.51. The van der Waals surface area contributed by atoms with Gasteiger partial charge in [0.05, 0.1) is 12.8 Å². The number of hydrogen-bond acceptors (Lipinski definition) is 3. The standard InChI is InChI=1S/C16H26N2O/c1-4-9-17-14-6-5-10-18(12-14)15-11-13(2)7-8-16(15)19-3/h7-8,11,14,17H,4-6,9-10,12H2,1-3H3. The number of methoxy groups -OCH3 is 1. The van der Waals surface area contributed by atoms with E-state index in [-0.39, 0.29) is 0 Å². The fourth-order valence-electron chi connectivity index (χ4n) is 2.76. The van der Waals surface area contributed by atoms with Crippen molar-refractivity contribution >= 4 is 5.69 Å². The number of aryl methyl sites for hydroxylation is 1. The molecule has 0 bridgehead atoms. The van der Waals surface area contributed by atoms with Crippen LogP contribution in [0.2, 0.25) is 0 Å². The Morgan fingerprint density at radius 2 is 2.26 bits per heavy atom. The van der Waals surface area contributed by atoms with Crippen LogP contribution in [0.5, 0.6) is 5.75 Å². The van der Waals surface area contributed by atoms with Crippen molar-refractivity contribution in [2.45, 2.75) is 39.2 Å². The highest BCUT2D eigenvalue weighted by atomic mass is 16.5. The first-order valence-electron chi connectivity index (χ1n) is 7.37. The van der Waals surface area contributed by atoms with Crippen LogP contribution in [0, 0.1) is 6.92 Å². The highest BCUT2D eigenvalue weighted by Gasteiger charge is 2.21. The molecule has 1 N–H and O–H groups in total. The third-order valence-corrected chi connectivity index (χ3v) is 3.78. The van der Waals surface area contributed by atoms with Crippen molar-refractivity contribution in [1.82, 2.24) is 5.32 Å². The van der Waals surface area contributed by atoms with Gasteiger partial charge in [-0.2, -0.15) is 0 Å². The summed E-state index contributed by atoms with van der Waals surface area (Å²) in [6, 6.07) is 7.03. The molecule has 106 valence electrons. The molecule has 2 rings (SSSR count). The van der Waals surface area contributed by atoms with Crippen molar-refractivity contribution in [2.75, 3.05) is 31.6 Å². The van der Waals surface area contributed by atoms with Gasteiger partial charge in [-0.25, -0.2) is 0 Å². The van der Waals surface area contributed by atoms with Crippen molar-refractivity contribution < 1.29 is 4.74 Å². The number of anilines is 1. The Kier molecular flexibility index (Phi) is 5.08. The van der Waals surface area contributed by atoms with Gasteiger partial charge in [-0.1, -0.05) is 13.0 Å². The summed E-state index contributed by atoms with van der Waals surface area (Å²) in [7, 11) is 1.75. The van der Waals surface area contributed by atoms with E-state index in [1.165, 1.54) is 30.5 Å². The summed E-state index contributed by atoms with van der Waals surface area (Å²) in [6.07, 6.45) is 3.73. The van der Waals surface area contributed by atoms with Crippen LogP contribution in [0.3, 0.4) is 0 Å². The van der Waals surface area contributed by atoms with Gasteiger partial charge in [0.15, 0.2) is 0 Å². The van der Waals surface area contributed by atoms with Gasteiger partial charge in [0.2, 0.25) is 0 Å². The zero-order valence-corrected chi connectivity index (χ0v) is 12.4. The number of piperidine rings is 1. The summed E-state index contributed by atoms with van der Waals surface area (Å²) in [4.78, 5) is 2.46. The molecule has 1 aromatic rings. The quantitative estimate of drug-likeness (QED) is 0.883. The van der Waals surface area contributed by atoms with Gasteiger partial charge in [-0.3, -0.25) is 0 Å². The predicted octanol–water partition coefficient (Wildman–Crippen LogP) is 2.97. The molecule has 1 aliphatic heterocycles. The van der Waals surface area contributed by atoms with E-state index in [4.69, 9.17) is 4.74 Å². The monoisotopic (exact) mass is 262 g/mol. The summed E-state index contributed by atoms with van der Waals surface area (Å²) >= 11 is 0. The lowest BCUT2D eigenvalue weighted by molar-refractivity contribution is 0.400. The Morgan fingerprint density at radius 3 is 3.00 bits per heavy atom. The number of nitrogens with zero attached hydrogens (tertiary/aromatic N) is 1. The predicted molar refractivity (Wildman–Crippen MR) is 81.3 cm³/mol. The largest absolute Gasteiger partial charge is 0.495 e. The van der Waals surface area contributed by atoms with Gasteiger partial charge in [-0.05, 0) is 50.4 Å². The van der Waals surface area contributed by atoms with Crippen LogP contribution in [-0.2, 0) is 0 Å². The van der Waals surface area contributed by atoms with E-state index in [0.717, 1.165) is 25.4 Å². The van der Waals surface area contributed by atoms with Crippen molar-refractivity contribution in [2.24, 2.45) is 0 Å². The molecule has 1 aliphatic rings. The lowest BCUT2D eigenvalue weighted by Gasteiger charge is -2.35. The molecule has 3 heteroatoms. The van der Waals surface area contributed by atoms with Crippen LogP contribution >= 0.6 is 0 Å². The van der Waals surface area contributed by atoms with E-state index in [0.29, 0.717) is 6.04 Å². The lowest BCUT2D eigenvalue weighted by atomic mass is 10.0. The van der Waals surface area contributed by atoms with Gasteiger partial charge in [0, 0.05) is 19.1 Å². The van der Waals surface area contributed by atoms with Gasteiger partial charge in [0.1, 0.15) is 5.75 Å². The first-order valence-corrected chi connectivity index (χ1v) is 7.37. The van der Waals surface area contributed by atoms with Crippen LogP contribution in [-0.4, -0.2) is 32.8 Å². The second kappa shape index (κ2) is 6.80. The normalized spacial score (nSPS) is 19.5. The zero-order chi connectivity index (χ0) is 13.7. The fraction of sp³-hybridized carbons (Fsp3) is 0.625. The Balaban J connectivity index is 2.10. The molecule has 1 saturated heterocycles. The molecule has 1 aromatic carbocycles. The molecule has 0 spiro atoms. The summed E-state index contributed by atoms with van der Waals surface area (Å²) in [5, 5.41) is 3.64. The van der Waals surface area contributed by atoms with Crippen LogP contribution in [0.1, 0.15) is 31.7 Å². The Morgan fingerprint density at radius 1 is 1.42 bits per heavy atom. The number of nitrogens with one attached hydrogen (secondary N) is 1. The molecule has 1 atom stereocenters. The third-order valence-electron chi connectivity index (χ3n) is 3.78. The smallest absolute Gasteiger partial charge is 0.142 e. The van der Waals surface area contributed by atoms with E-state index >= 15 is 0 Å². The molecule has 0 radical (unpaired) electrons. The number of benzene rings is 1. The molecule has 1 fully saturated rings. The van der Waals surface area contributed by atoms with Gasteiger partial charge < -0.3 is 15.0 Å². The number of hydrogen-bond donors (Lipinski definition) is 1. The van der Waals surface area contributed by atoms with E-state index in [9.17, 15) is 0 Å². The number of ether oxygens (including phenoxy) is 1. The first-order chi connectivity index (χ1) is 9.24. The minimum absolute atomic E-state index is 0.610. The number of rotatable bonds is 5. The SMILES string of the molecule is CCCNC1CCCN(c2cc(C)ccc2OC)C1. The Bertz CT molecular complexity index is 406. The zero-order valence-electron chi connectivity index (χ0n) is 12.4. The van der Waals surface area contributed by atoms with E-state index in [1.54, 1.807) is 7.11 Å². The molecule has 0 amide bonds. The third kappa shape index (κ3) is 3.63. The molecule has 0 aliphatic carbocycles. The molecule has 0 saturated carbocycles. The summed E-state index contributed by atoms with van der Waals surface area (Å²) in [5.74, 6) is 0.988. The van der Waals surface area contributed by atoms with E-state index < -0.39 is 0 Å². The van der Waals surface area contributed by atoms with Gasteiger partial charge >= 0.3 is 0 Å². The molecule has 3 nitrogen and oxygen atoms in total. The molecule has 0 aromatic heterocycles. The maximum Gasteiger partial charge on any atom is 0.142 e. The maximum absolute atomic E-state index is 5.51. The molecular weight excluding hydrogens is 236 g/mol.